The molecule has 6 heteroatoms. The van der Waals surface area contributed by atoms with E-state index in [0.29, 0.717) is 0 Å². The van der Waals surface area contributed by atoms with Gasteiger partial charge in [0.25, 0.3) is 0 Å². The molecule has 1 atom stereocenters. The first-order valence-electron chi connectivity index (χ1n) is 8.78. The van der Waals surface area contributed by atoms with E-state index < -0.39 is 0 Å². The van der Waals surface area contributed by atoms with E-state index in [4.69, 9.17) is 0 Å². The highest BCUT2D eigenvalue weighted by molar-refractivity contribution is 5.57. The molecule has 3 aromatic heterocycles. The predicted molar refractivity (Wildman–Crippen MR) is 103 cm³/mol. The molecule has 0 aliphatic rings. The molecule has 27 heavy (non-hydrogen) atoms. The number of halogens is 1. The van der Waals surface area contributed by atoms with Crippen molar-refractivity contribution in [2.45, 2.75) is 26.8 Å². The van der Waals surface area contributed by atoms with Crippen LogP contribution in [0.3, 0.4) is 0 Å². The Hall–Kier alpha value is -3.28. The van der Waals surface area contributed by atoms with Crippen LogP contribution in [0.2, 0.25) is 0 Å². The maximum absolute atomic E-state index is 13.4. The van der Waals surface area contributed by atoms with Gasteiger partial charge in [-0.2, -0.15) is 9.61 Å². The third-order valence-electron chi connectivity index (χ3n) is 4.72. The van der Waals surface area contributed by atoms with Crippen LogP contribution >= 0.6 is 0 Å². The summed E-state index contributed by atoms with van der Waals surface area (Å²) in [6.45, 7) is 5.96. The smallest absolute Gasteiger partial charge is 0.160 e. The van der Waals surface area contributed by atoms with Crippen molar-refractivity contribution in [3.63, 3.8) is 0 Å². The molecule has 0 saturated carbocycles. The Morgan fingerprint density at radius 2 is 1.63 bits per heavy atom. The number of anilines is 1. The number of benzene rings is 1. The second-order valence-corrected chi connectivity index (χ2v) is 6.64. The summed E-state index contributed by atoms with van der Waals surface area (Å²) in [7, 11) is 0. The first kappa shape index (κ1) is 17.1. The largest absolute Gasteiger partial charge is 0.359 e. The van der Waals surface area contributed by atoms with Crippen LogP contribution in [-0.2, 0) is 0 Å². The fourth-order valence-electron chi connectivity index (χ4n) is 3.17. The Morgan fingerprint density at radius 1 is 0.963 bits per heavy atom. The maximum atomic E-state index is 13.4. The van der Waals surface area contributed by atoms with Crippen molar-refractivity contribution in [1.82, 2.24) is 19.6 Å². The third-order valence-corrected chi connectivity index (χ3v) is 4.72. The Morgan fingerprint density at radius 3 is 2.33 bits per heavy atom. The number of fused-ring (bicyclic) bond motifs is 1. The van der Waals surface area contributed by atoms with Crippen LogP contribution in [0.5, 0.6) is 0 Å². The van der Waals surface area contributed by atoms with Crippen molar-refractivity contribution in [1.29, 1.82) is 0 Å². The number of aryl methyl sites for hydroxylation is 3. The first-order chi connectivity index (χ1) is 13.0. The van der Waals surface area contributed by atoms with Gasteiger partial charge in [0, 0.05) is 29.7 Å². The Balaban J connectivity index is 1.84. The summed E-state index contributed by atoms with van der Waals surface area (Å²) in [4.78, 5) is 8.73. The zero-order chi connectivity index (χ0) is 19.0. The Kier molecular flexibility index (Phi) is 4.32. The third kappa shape index (κ3) is 3.26. The Bertz CT molecular complexity index is 1090. The summed E-state index contributed by atoms with van der Waals surface area (Å²) >= 11 is 0. The van der Waals surface area contributed by atoms with E-state index >= 15 is 0 Å². The number of nitrogens with zero attached hydrogens (tertiary/aromatic N) is 4. The zero-order valence-electron chi connectivity index (χ0n) is 15.4. The van der Waals surface area contributed by atoms with Crippen molar-refractivity contribution in [2.24, 2.45) is 0 Å². The van der Waals surface area contributed by atoms with Crippen LogP contribution in [-0.4, -0.2) is 19.6 Å². The molecule has 136 valence electrons. The molecule has 0 radical (unpaired) electrons. The van der Waals surface area contributed by atoms with Crippen molar-refractivity contribution < 1.29 is 4.39 Å². The fourth-order valence-corrected chi connectivity index (χ4v) is 3.17. The molecule has 4 rings (SSSR count). The number of rotatable bonds is 4. The van der Waals surface area contributed by atoms with Crippen LogP contribution < -0.4 is 5.32 Å². The molecule has 1 N–H and O–H groups in total. The van der Waals surface area contributed by atoms with Gasteiger partial charge >= 0.3 is 0 Å². The van der Waals surface area contributed by atoms with Gasteiger partial charge < -0.3 is 5.32 Å². The van der Waals surface area contributed by atoms with Crippen molar-refractivity contribution in [2.75, 3.05) is 5.32 Å². The highest BCUT2D eigenvalue weighted by atomic mass is 19.1. The van der Waals surface area contributed by atoms with Gasteiger partial charge in [-0.25, -0.2) is 9.37 Å². The summed E-state index contributed by atoms with van der Waals surface area (Å²) in [6.07, 6.45) is 3.51. The van der Waals surface area contributed by atoms with E-state index in [9.17, 15) is 4.39 Å². The summed E-state index contributed by atoms with van der Waals surface area (Å²) in [5.74, 6) is 0.576. The van der Waals surface area contributed by atoms with Gasteiger partial charge in [0.2, 0.25) is 0 Å². The lowest BCUT2D eigenvalue weighted by Gasteiger charge is -2.21. The molecule has 1 aromatic carbocycles. The number of nitrogens with one attached hydrogen (secondary N) is 1. The van der Waals surface area contributed by atoms with Crippen LogP contribution in [0.4, 0.5) is 10.2 Å². The SMILES string of the molecule is Cc1cc(N[C@H](c2ccncc2)c2ccc(F)cc2)n2nc(C)c(C)c2n1. The molecule has 3 heterocycles. The summed E-state index contributed by atoms with van der Waals surface area (Å²) in [5, 5.41) is 8.19. The van der Waals surface area contributed by atoms with Crippen molar-refractivity contribution >= 4 is 11.5 Å². The molecule has 0 aliphatic heterocycles. The van der Waals surface area contributed by atoms with Gasteiger partial charge in [-0.3, -0.25) is 4.98 Å². The summed E-state index contributed by atoms with van der Waals surface area (Å²) in [5.41, 5.74) is 5.72. The van der Waals surface area contributed by atoms with Crippen LogP contribution in [0, 0.1) is 26.6 Å². The number of hydrogen-bond donors (Lipinski definition) is 1. The molecule has 0 aliphatic carbocycles. The molecular weight excluding hydrogens is 341 g/mol. The molecule has 4 aromatic rings. The molecular formula is C21H20FN5. The van der Waals surface area contributed by atoms with E-state index in [0.717, 1.165) is 39.5 Å². The second kappa shape index (κ2) is 6.79. The molecule has 0 saturated heterocycles. The normalized spacial score (nSPS) is 12.3. The minimum absolute atomic E-state index is 0.177. The highest BCUT2D eigenvalue weighted by Gasteiger charge is 2.18. The van der Waals surface area contributed by atoms with Gasteiger partial charge in [0.15, 0.2) is 5.65 Å². The van der Waals surface area contributed by atoms with E-state index in [1.54, 1.807) is 24.5 Å². The zero-order valence-corrected chi connectivity index (χ0v) is 15.4. The standard InChI is InChI=1S/C21H20FN5/c1-13-12-19(27-21(24-13)14(2)15(3)26-27)25-20(17-8-10-23-11-9-17)16-4-6-18(22)7-5-16/h4-12,20,25H,1-3H3/t20-/m0/s1. The van der Waals surface area contributed by atoms with Crippen LogP contribution in [0.15, 0.2) is 54.9 Å². The van der Waals surface area contributed by atoms with Gasteiger partial charge in [0.1, 0.15) is 11.6 Å². The van der Waals surface area contributed by atoms with Crippen LogP contribution in [0.1, 0.15) is 34.1 Å². The second-order valence-electron chi connectivity index (χ2n) is 6.64. The molecule has 0 spiro atoms. The van der Waals surface area contributed by atoms with Gasteiger partial charge in [-0.15, -0.1) is 0 Å². The highest BCUT2D eigenvalue weighted by Crippen LogP contribution is 2.28. The Labute approximate surface area is 156 Å². The van der Waals surface area contributed by atoms with E-state index in [1.807, 2.05) is 43.5 Å². The lowest BCUT2D eigenvalue weighted by Crippen LogP contribution is -2.15. The van der Waals surface area contributed by atoms with E-state index in [1.165, 1.54) is 12.1 Å². The maximum Gasteiger partial charge on any atom is 0.160 e. The topological polar surface area (TPSA) is 55.1 Å². The first-order valence-corrected chi connectivity index (χ1v) is 8.78. The van der Waals surface area contributed by atoms with Crippen molar-refractivity contribution in [3.8, 4) is 0 Å². The van der Waals surface area contributed by atoms with Gasteiger partial charge in [-0.05, 0) is 56.2 Å². The van der Waals surface area contributed by atoms with Gasteiger partial charge in [-0.1, -0.05) is 12.1 Å². The lowest BCUT2D eigenvalue weighted by atomic mass is 9.99. The molecule has 0 unspecified atom stereocenters. The molecule has 5 nitrogen and oxygen atoms in total. The monoisotopic (exact) mass is 361 g/mol. The molecule has 0 fully saturated rings. The average Bonchev–Trinajstić information content (AvgIpc) is 2.96. The van der Waals surface area contributed by atoms with Gasteiger partial charge in [0.05, 0.1) is 11.7 Å². The lowest BCUT2D eigenvalue weighted by molar-refractivity contribution is 0.626. The average molecular weight is 361 g/mol. The predicted octanol–water partition coefficient (Wildman–Crippen LogP) is 4.39. The number of hydrogen-bond acceptors (Lipinski definition) is 4. The molecule has 0 bridgehead atoms. The fraction of sp³-hybridized carbons (Fsp3) is 0.190. The minimum Gasteiger partial charge on any atom is -0.359 e. The molecule has 0 amide bonds. The minimum atomic E-state index is -0.257. The summed E-state index contributed by atoms with van der Waals surface area (Å²) < 4.78 is 15.3. The number of pyridine rings is 1. The van der Waals surface area contributed by atoms with E-state index in [-0.39, 0.29) is 11.9 Å². The summed E-state index contributed by atoms with van der Waals surface area (Å²) in [6, 6.07) is 12.2. The van der Waals surface area contributed by atoms with Crippen molar-refractivity contribution in [3.05, 3.63) is 88.8 Å². The van der Waals surface area contributed by atoms with Crippen LogP contribution in [0.25, 0.3) is 5.65 Å². The quantitative estimate of drug-likeness (QED) is 0.586. The van der Waals surface area contributed by atoms with E-state index in [2.05, 4.69) is 20.4 Å². The number of aromatic nitrogens is 4.